The van der Waals surface area contributed by atoms with Crippen LogP contribution in [0.4, 0.5) is 15.8 Å². The first-order valence-corrected chi connectivity index (χ1v) is 13.8. The van der Waals surface area contributed by atoms with Gasteiger partial charge in [0.25, 0.3) is 15.9 Å². The number of nitrogens with zero attached hydrogens (tertiary/aromatic N) is 2. The van der Waals surface area contributed by atoms with Gasteiger partial charge in [0.1, 0.15) is 11.6 Å². The number of halogens is 1. The Bertz CT molecular complexity index is 1360. The van der Waals surface area contributed by atoms with Gasteiger partial charge in [-0.25, -0.2) is 12.8 Å². The number of benzene rings is 3. The van der Waals surface area contributed by atoms with E-state index in [1.54, 1.807) is 29.2 Å². The number of sulfonamides is 1. The van der Waals surface area contributed by atoms with E-state index in [2.05, 4.69) is 4.72 Å². The van der Waals surface area contributed by atoms with Crippen molar-refractivity contribution in [3.63, 3.8) is 0 Å². The molecule has 1 aliphatic heterocycles. The van der Waals surface area contributed by atoms with Crippen molar-refractivity contribution in [2.75, 3.05) is 44.0 Å². The predicted octanol–water partition coefficient (Wildman–Crippen LogP) is 4.52. The summed E-state index contributed by atoms with van der Waals surface area (Å²) in [5.74, 6) is -0.118. The number of rotatable bonds is 10. The van der Waals surface area contributed by atoms with Crippen LogP contribution in [0.25, 0.3) is 0 Å². The lowest BCUT2D eigenvalue weighted by molar-refractivity contribution is 0.0507. The number of hydrogen-bond acceptors (Lipinski definition) is 6. The fraction of sp³-hybridized carbons (Fsp3) is 0.321. The molecule has 1 fully saturated rings. The van der Waals surface area contributed by atoms with Crippen LogP contribution < -0.4 is 14.4 Å². The standard InChI is InChI=1S/C28H32FN3O5S/c1-31(2)27-15-10-23(30-38(34,35)26-13-11-24(36-3)12-14-26)17-21(27)18-32(19-25-5-4-16-37-25)28(33)20-6-8-22(29)9-7-20/h6-15,17,25,30H,4-5,16,18-19H2,1-3H3. The summed E-state index contributed by atoms with van der Waals surface area (Å²) in [6, 6.07) is 16.8. The van der Waals surface area contributed by atoms with Gasteiger partial charge in [0, 0.05) is 50.7 Å². The molecular weight excluding hydrogens is 509 g/mol. The van der Waals surface area contributed by atoms with Gasteiger partial charge in [-0.1, -0.05) is 0 Å². The highest BCUT2D eigenvalue weighted by Crippen LogP contribution is 2.28. The van der Waals surface area contributed by atoms with Gasteiger partial charge in [-0.15, -0.1) is 0 Å². The van der Waals surface area contributed by atoms with Crippen LogP contribution in [0.1, 0.15) is 28.8 Å². The first kappa shape index (κ1) is 27.4. The fourth-order valence-electron chi connectivity index (χ4n) is 4.41. The van der Waals surface area contributed by atoms with Gasteiger partial charge in [0.05, 0.1) is 18.1 Å². The van der Waals surface area contributed by atoms with Crippen LogP contribution in [-0.4, -0.2) is 59.7 Å². The Morgan fingerprint density at radius 2 is 1.79 bits per heavy atom. The Kier molecular flexibility index (Phi) is 8.53. The molecular formula is C28H32FN3O5S. The Hall–Kier alpha value is -3.63. The lowest BCUT2D eigenvalue weighted by Crippen LogP contribution is -2.37. The van der Waals surface area contributed by atoms with Gasteiger partial charge >= 0.3 is 0 Å². The molecule has 1 unspecified atom stereocenters. The molecule has 1 amide bonds. The average molecular weight is 542 g/mol. The Labute approximate surface area is 223 Å². The van der Waals surface area contributed by atoms with Crippen LogP contribution in [0.5, 0.6) is 5.75 Å². The van der Waals surface area contributed by atoms with Gasteiger partial charge in [-0.05, 0) is 85.1 Å². The molecule has 0 spiro atoms. The van der Waals surface area contributed by atoms with E-state index in [4.69, 9.17) is 9.47 Å². The van der Waals surface area contributed by atoms with Gasteiger partial charge < -0.3 is 19.3 Å². The second kappa shape index (κ2) is 11.8. The van der Waals surface area contributed by atoms with Crippen molar-refractivity contribution >= 4 is 27.3 Å². The quantitative estimate of drug-likeness (QED) is 0.406. The van der Waals surface area contributed by atoms with Crippen LogP contribution in [0.3, 0.4) is 0 Å². The number of anilines is 2. The van der Waals surface area contributed by atoms with Crippen LogP contribution >= 0.6 is 0 Å². The fourth-order valence-corrected chi connectivity index (χ4v) is 5.46. The first-order chi connectivity index (χ1) is 18.2. The Balaban J connectivity index is 1.64. The summed E-state index contributed by atoms with van der Waals surface area (Å²) in [7, 11) is 1.42. The molecule has 10 heteroatoms. The molecule has 202 valence electrons. The van der Waals surface area contributed by atoms with Crippen LogP contribution in [0, 0.1) is 5.82 Å². The minimum absolute atomic E-state index is 0.0982. The monoisotopic (exact) mass is 541 g/mol. The molecule has 1 aliphatic rings. The summed E-state index contributed by atoms with van der Waals surface area (Å²) in [5.41, 5.74) is 2.32. The molecule has 3 aromatic rings. The van der Waals surface area contributed by atoms with Crippen molar-refractivity contribution < 1.29 is 27.1 Å². The molecule has 0 radical (unpaired) electrons. The highest BCUT2D eigenvalue weighted by atomic mass is 32.2. The molecule has 0 saturated carbocycles. The van der Waals surface area contributed by atoms with E-state index in [1.165, 1.54) is 43.5 Å². The van der Waals surface area contributed by atoms with Gasteiger partial charge in [-0.2, -0.15) is 0 Å². The highest BCUT2D eigenvalue weighted by molar-refractivity contribution is 7.92. The van der Waals surface area contributed by atoms with E-state index in [0.717, 1.165) is 24.1 Å². The maximum absolute atomic E-state index is 13.5. The van der Waals surface area contributed by atoms with Gasteiger partial charge in [0.2, 0.25) is 0 Å². The van der Waals surface area contributed by atoms with E-state index in [-0.39, 0.29) is 23.5 Å². The number of hydrogen-bond donors (Lipinski definition) is 1. The second-order valence-electron chi connectivity index (χ2n) is 9.35. The topological polar surface area (TPSA) is 88.2 Å². The third-order valence-electron chi connectivity index (χ3n) is 6.37. The summed E-state index contributed by atoms with van der Waals surface area (Å²) < 4.78 is 53.1. The number of nitrogens with one attached hydrogen (secondary N) is 1. The zero-order chi connectivity index (χ0) is 27.3. The van der Waals surface area contributed by atoms with Crippen LogP contribution in [-0.2, 0) is 21.3 Å². The Morgan fingerprint density at radius 3 is 2.39 bits per heavy atom. The maximum atomic E-state index is 13.5. The molecule has 0 bridgehead atoms. The number of ether oxygens (including phenoxy) is 2. The smallest absolute Gasteiger partial charge is 0.261 e. The number of methoxy groups -OCH3 is 1. The highest BCUT2D eigenvalue weighted by Gasteiger charge is 2.25. The molecule has 8 nitrogen and oxygen atoms in total. The lowest BCUT2D eigenvalue weighted by Gasteiger charge is -2.28. The minimum atomic E-state index is -3.85. The molecule has 1 saturated heterocycles. The van der Waals surface area contributed by atoms with Crippen molar-refractivity contribution in [1.29, 1.82) is 0 Å². The van der Waals surface area contributed by atoms with E-state index in [0.29, 0.717) is 30.2 Å². The van der Waals surface area contributed by atoms with Crippen molar-refractivity contribution in [3.05, 3.63) is 83.7 Å². The number of amides is 1. The summed E-state index contributed by atoms with van der Waals surface area (Å²) in [6.07, 6.45) is 1.67. The van der Waals surface area contributed by atoms with Crippen molar-refractivity contribution in [2.24, 2.45) is 0 Å². The molecule has 0 aliphatic carbocycles. The molecule has 1 atom stereocenters. The maximum Gasteiger partial charge on any atom is 0.261 e. The van der Waals surface area contributed by atoms with Gasteiger partial charge in [-0.3, -0.25) is 9.52 Å². The third-order valence-corrected chi connectivity index (χ3v) is 7.77. The molecule has 38 heavy (non-hydrogen) atoms. The predicted molar refractivity (Wildman–Crippen MR) is 145 cm³/mol. The number of carbonyl (C=O) groups excluding carboxylic acids is 1. The minimum Gasteiger partial charge on any atom is -0.497 e. The van der Waals surface area contributed by atoms with Crippen molar-refractivity contribution in [1.82, 2.24) is 4.90 Å². The van der Waals surface area contributed by atoms with E-state index >= 15 is 0 Å². The lowest BCUT2D eigenvalue weighted by atomic mass is 10.1. The van der Waals surface area contributed by atoms with Crippen molar-refractivity contribution in [2.45, 2.75) is 30.4 Å². The summed E-state index contributed by atoms with van der Waals surface area (Å²) >= 11 is 0. The molecule has 1 heterocycles. The summed E-state index contributed by atoms with van der Waals surface area (Å²) in [5, 5.41) is 0. The second-order valence-corrected chi connectivity index (χ2v) is 11.0. The zero-order valence-electron chi connectivity index (χ0n) is 21.7. The van der Waals surface area contributed by atoms with Gasteiger partial charge in [0.15, 0.2) is 0 Å². The molecule has 4 rings (SSSR count). The van der Waals surface area contributed by atoms with Crippen molar-refractivity contribution in [3.8, 4) is 5.75 Å². The van der Waals surface area contributed by atoms with E-state index in [1.807, 2.05) is 25.1 Å². The molecule has 0 aromatic heterocycles. The normalized spacial score (nSPS) is 15.2. The first-order valence-electron chi connectivity index (χ1n) is 12.3. The van der Waals surface area contributed by atoms with Crippen LogP contribution in [0.15, 0.2) is 71.6 Å². The average Bonchev–Trinajstić information content (AvgIpc) is 3.41. The largest absolute Gasteiger partial charge is 0.497 e. The summed E-state index contributed by atoms with van der Waals surface area (Å²) in [6.45, 7) is 1.22. The zero-order valence-corrected chi connectivity index (χ0v) is 22.5. The van der Waals surface area contributed by atoms with Crippen LogP contribution in [0.2, 0.25) is 0 Å². The Morgan fingerprint density at radius 1 is 1.08 bits per heavy atom. The van der Waals surface area contributed by atoms with E-state index < -0.39 is 15.8 Å². The molecule has 3 aromatic carbocycles. The molecule has 1 N–H and O–H groups in total. The SMILES string of the molecule is COc1ccc(S(=O)(=O)Nc2ccc(N(C)C)c(CN(CC3CCCO3)C(=O)c3ccc(F)cc3)c2)cc1. The van der Waals surface area contributed by atoms with E-state index in [9.17, 15) is 17.6 Å². The summed E-state index contributed by atoms with van der Waals surface area (Å²) in [4.78, 5) is 17.2. The number of carbonyl (C=O) groups is 1. The third kappa shape index (κ3) is 6.62.